The first-order valence-corrected chi connectivity index (χ1v) is 13.8. The van der Waals surface area contributed by atoms with E-state index < -0.39 is 23.8 Å². The molecule has 0 saturated carbocycles. The number of fused-ring (bicyclic) bond motifs is 1. The highest BCUT2D eigenvalue weighted by Crippen LogP contribution is 2.31. The lowest BCUT2D eigenvalue weighted by Gasteiger charge is -2.37. The molecule has 4 rings (SSSR count). The lowest BCUT2D eigenvalue weighted by molar-refractivity contribution is 0.00194. The van der Waals surface area contributed by atoms with E-state index in [-0.39, 0.29) is 19.2 Å². The Balaban J connectivity index is 1.52. The number of carbonyl (C=O) groups is 2. The number of nitrogens with zero attached hydrogens (tertiary/aromatic N) is 2. The van der Waals surface area contributed by atoms with E-state index in [0.29, 0.717) is 34.2 Å². The van der Waals surface area contributed by atoms with Crippen LogP contribution < -0.4 is 4.74 Å². The molecule has 1 aliphatic rings. The molecule has 1 aliphatic carbocycles. The van der Waals surface area contributed by atoms with E-state index in [2.05, 4.69) is 4.98 Å². The fraction of sp³-hybridized carbons (Fsp3) is 0.387. The van der Waals surface area contributed by atoms with Crippen LogP contribution in [0.1, 0.15) is 67.3 Å². The highest BCUT2D eigenvalue weighted by Gasteiger charge is 2.33. The van der Waals surface area contributed by atoms with Crippen LogP contribution in [0.2, 0.25) is 5.02 Å². The number of benzene rings is 2. The predicted octanol–water partition coefficient (Wildman–Crippen LogP) is 6.53. The fourth-order valence-electron chi connectivity index (χ4n) is 4.64. The predicted molar refractivity (Wildman–Crippen MR) is 152 cm³/mol. The maximum absolute atomic E-state index is 13.3. The third kappa shape index (κ3) is 7.73. The van der Waals surface area contributed by atoms with Gasteiger partial charge in [0.2, 0.25) is 5.88 Å². The number of aliphatic hydroxyl groups excluding tert-OH is 1. The first-order chi connectivity index (χ1) is 19.0. The van der Waals surface area contributed by atoms with Gasteiger partial charge in [-0.3, -0.25) is 0 Å². The van der Waals surface area contributed by atoms with Crippen LogP contribution in [0, 0.1) is 0 Å². The second-order valence-electron chi connectivity index (χ2n) is 10.7. The maximum Gasteiger partial charge on any atom is 0.410 e. The van der Waals surface area contributed by atoms with Crippen molar-refractivity contribution in [1.82, 2.24) is 9.88 Å². The van der Waals surface area contributed by atoms with Crippen molar-refractivity contribution in [2.75, 3.05) is 13.2 Å². The van der Waals surface area contributed by atoms with Gasteiger partial charge in [-0.15, -0.1) is 0 Å². The van der Waals surface area contributed by atoms with E-state index in [9.17, 15) is 14.7 Å². The number of pyridine rings is 1. The number of carbonyl (C=O) groups excluding carboxylic acids is 2. The molecule has 0 bridgehead atoms. The molecule has 8 nitrogen and oxygen atoms in total. The van der Waals surface area contributed by atoms with Crippen molar-refractivity contribution < 1.29 is 28.9 Å². The minimum Gasteiger partial charge on any atom is -0.462 e. The molecule has 212 valence electrons. The van der Waals surface area contributed by atoms with Crippen LogP contribution in [0.4, 0.5) is 4.79 Å². The average molecular weight is 567 g/mol. The van der Waals surface area contributed by atoms with Crippen LogP contribution >= 0.6 is 11.6 Å². The molecule has 0 fully saturated rings. The topological polar surface area (TPSA) is 98.2 Å². The Labute approximate surface area is 239 Å². The largest absolute Gasteiger partial charge is 0.462 e. The highest BCUT2D eigenvalue weighted by molar-refractivity contribution is 6.30. The Morgan fingerprint density at radius 3 is 2.60 bits per heavy atom. The second-order valence-corrected chi connectivity index (χ2v) is 11.2. The Kier molecular flexibility index (Phi) is 9.32. The molecule has 3 aromatic rings. The van der Waals surface area contributed by atoms with Gasteiger partial charge < -0.3 is 24.2 Å². The summed E-state index contributed by atoms with van der Waals surface area (Å²) < 4.78 is 16.7. The van der Waals surface area contributed by atoms with Crippen molar-refractivity contribution in [3.8, 4) is 11.6 Å². The molecule has 9 heteroatoms. The van der Waals surface area contributed by atoms with Gasteiger partial charge in [-0.2, -0.15) is 0 Å². The van der Waals surface area contributed by atoms with E-state index in [0.717, 1.165) is 18.4 Å². The van der Waals surface area contributed by atoms with Crippen molar-refractivity contribution in [2.45, 2.75) is 64.7 Å². The lowest BCUT2D eigenvalue weighted by Crippen LogP contribution is -2.47. The number of halogens is 1. The normalized spacial score (nSPS) is 15.5. The summed E-state index contributed by atoms with van der Waals surface area (Å²) in [4.78, 5) is 31.1. The first-order valence-electron chi connectivity index (χ1n) is 13.4. The van der Waals surface area contributed by atoms with Crippen molar-refractivity contribution in [2.24, 2.45) is 0 Å². The molecular formula is C31H35ClN2O6. The van der Waals surface area contributed by atoms with E-state index in [1.165, 1.54) is 11.8 Å². The molecule has 2 aromatic carbocycles. The van der Waals surface area contributed by atoms with Crippen LogP contribution in [-0.4, -0.2) is 51.8 Å². The number of aliphatic hydroxyl groups is 1. The minimum atomic E-state index is -0.925. The Morgan fingerprint density at radius 2 is 1.93 bits per heavy atom. The summed E-state index contributed by atoms with van der Waals surface area (Å²) in [5.74, 6) is 0.510. The molecule has 0 saturated heterocycles. The van der Waals surface area contributed by atoms with E-state index in [1.807, 2.05) is 39.0 Å². The van der Waals surface area contributed by atoms with Gasteiger partial charge in [0, 0.05) is 23.3 Å². The number of amides is 1. The van der Waals surface area contributed by atoms with Crippen molar-refractivity contribution in [3.05, 3.63) is 88.1 Å². The SMILES string of the molecule is CCOC(=O)c1ccc(Oc2ccc3c(c2)C[C@@H](N(C[C@@H](O)c2cccc(Cl)c2)C(=O)OC(C)(C)C)CC3)nc1. The molecule has 1 amide bonds. The third-order valence-corrected chi connectivity index (χ3v) is 6.76. The summed E-state index contributed by atoms with van der Waals surface area (Å²) in [7, 11) is 0. The van der Waals surface area contributed by atoms with Crippen LogP contribution in [0.25, 0.3) is 0 Å². The van der Waals surface area contributed by atoms with E-state index in [1.54, 1.807) is 48.2 Å². The van der Waals surface area contributed by atoms with Gasteiger partial charge in [0.15, 0.2) is 0 Å². The summed E-state index contributed by atoms with van der Waals surface area (Å²) in [5.41, 5.74) is 2.52. The van der Waals surface area contributed by atoms with Crippen molar-refractivity contribution in [3.63, 3.8) is 0 Å². The Bertz CT molecular complexity index is 1340. The molecular weight excluding hydrogens is 532 g/mol. The standard InChI is InChI=1S/C31H35ClN2O6/c1-5-38-29(36)22-11-14-28(33-18-22)39-26-13-10-20-9-12-25(16-23(20)17-26)34(30(37)40-31(2,3)4)19-27(35)21-7-6-8-24(32)15-21/h6-8,10-11,13-15,17-18,25,27,35H,5,9,12,16,19H2,1-4H3/t25-,27+/m0/s1. The van der Waals surface area contributed by atoms with Gasteiger partial charge in [-0.05, 0) is 94.0 Å². The fourth-order valence-corrected chi connectivity index (χ4v) is 4.84. The van der Waals surface area contributed by atoms with Crippen LogP contribution in [0.3, 0.4) is 0 Å². The van der Waals surface area contributed by atoms with Crippen LogP contribution in [0.15, 0.2) is 60.8 Å². The van der Waals surface area contributed by atoms with E-state index >= 15 is 0 Å². The van der Waals surface area contributed by atoms with Crippen LogP contribution in [-0.2, 0) is 22.3 Å². The van der Waals surface area contributed by atoms with Gasteiger partial charge in [0.25, 0.3) is 0 Å². The summed E-state index contributed by atoms with van der Waals surface area (Å²) in [5, 5.41) is 11.5. The molecule has 1 aromatic heterocycles. The molecule has 40 heavy (non-hydrogen) atoms. The second kappa shape index (κ2) is 12.7. The van der Waals surface area contributed by atoms with Gasteiger partial charge in [-0.25, -0.2) is 14.6 Å². The zero-order valence-electron chi connectivity index (χ0n) is 23.2. The Hall–Kier alpha value is -3.62. The highest BCUT2D eigenvalue weighted by atomic mass is 35.5. The number of ether oxygens (including phenoxy) is 3. The molecule has 0 unspecified atom stereocenters. The number of hydrogen-bond acceptors (Lipinski definition) is 7. The summed E-state index contributed by atoms with van der Waals surface area (Å²) in [6.07, 6.45) is 2.09. The monoisotopic (exact) mass is 566 g/mol. The average Bonchev–Trinajstić information content (AvgIpc) is 2.90. The number of esters is 1. The van der Waals surface area contributed by atoms with Gasteiger partial charge in [0.05, 0.1) is 24.8 Å². The number of rotatable bonds is 8. The summed E-state index contributed by atoms with van der Waals surface area (Å²) >= 11 is 6.13. The minimum absolute atomic E-state index is 0.0716. The smallest absolute Gasteiger partial charge is 0.410 e. The first kappa shape index (κ1) is 29.4. The summed E-state index contributed by atoms with van der Waals surface area (Å²) in [6.45, 7) is 7.58. The van der Waals surface area contributed by atoms with Crippen molar-refractivity contribution >= 4 is 23.7 Å². The summed E-state index contributed by atoms with van der Waals surface area (Å²) in [6, 6.07) is 15.9. The third-order valence-electron chi connectivity index (χ3n) is 6.52. The molecule has 0 spiro atoms. The molecule has 1 N–H and O–H groups in total. The number of hydrogen-bond donors (Lipinski definition) is 1. The number of aromatic nitrogens is 1. The van der Waals surface area contributed by atoms with E-state index in [4.69, 9.17) is 25.8 Å². The molecule has 1 heterocycles. The Morgan fingerprint density at radius 1 is 1.12 bits per heavy atom. The molecule has 2 atom stereocenters. The maximum atomic E-state index is 13.3. The number of aryl methyl sites for hydroxylation is 1. The van der Waals surface area contributed by atoms with Gasteiger partial charge in [-0.1, -0.05) is 29.8 Å². The van der Waals surface area contributed by atoms with Crippen molar-refractivity contribution in [1.29, 1.82) is 0 Å². The quantitative estimate of drug-likeness (QED) is 0.309. The van der Waals surface area contributed by atoms with Crippen LogP contribution in [0.5, 0.6) is 11.6 Å². The molecule has 0 radical (unpaired) electrons. The molecule has 0 aliphatic heterocycles. The van der Waals surface area contributed by atoms with Gasteiger partial charge >= 0.3 is 12.1 Å². The zero-order valence-corrected chi connectivity index (χ0v) is 24.0. The van der Waals surface area contributed by atoms with Gasteiger partial charge in [0.1, 0.15) is 11.4 Å². The lowest BCUT2D eigenvalue weighted by atomic mass is 9.87. The zero-order chi connectivity index (χ0) is 28.9.